The molecule has 0 N–H and O–H groups in total. The molecule has 0 aliphatic carbocycles. The van der Waals surface area contributed by atoms with Crippen molar-refractivity contribution >= 4 is 26.8 Å². The zero-order valence-corrected chi connectivity index (χ0v) is 10.7. The second-order valence-corrected chi connectivity index (χ2v) is 4.74. The van der Waals surface area contributed by atoms with Crippen molar-refractivity contribution < 1.29 is 4.39 Å². The molecule has 2 aromatic rings. The quantitative estimate of drug-likeness (QED) is 0.756. The van der Waals surface area contributed by atoms with Crippen molar-refractivity contribution in [2.24, 2.45) is 0 Å². The van der Waals surface area contributed by atoms with Gasteiger partial charge in [-0.15, -0.1) is 0 Å². The van der Waals surface area contributed by atoms with Crippen LogP contribution >= 0.6 is 15.9 Å². The number of aromatic nitrogens is 1. The van der Waals surface area contributed by atoms with Crippen molar-refractivity contribution in [1.29, 1.82) is 0 Å². The van der Waals surface area contributed by atoms with Crippen LogP contribution in [0.5, 0.6) is 0 Å². The van der Waals surface area contributed by atoms with Crippen molar-refractivity contribution in [2.75, 3.05) is 0 Å². The normalized spacial score (nSPS) is 10.9. The number of rotatable bonds is 3. The first-order chi connectivity index (χ1) is 7.70. The molecular formula is C13H13BrFN. The van der Waals surface area contributed by atoms with Crippen LogP contribution < -0.4 is 0 Å². The number of aryl methyl sites for hydroxylation is 1. The lowest BCUT2D eigenvalue weighted by atomic mass is 10.1. The highest BCUT2D eigenvalue weighted by Gasteiger charge is 2.04. The lowest BCUT2D eigenvalue weighted by molar-refractivity contribution is 0.588. The molecule has 1 aromatic heterocycles. The summed E-state index contributed by atoms with van der Waals surface area (Å²) in [5, 5.41) is 0.981. The van der Waals surface area contributed by atoms with E-state index >= 15 is 0 Å². The van der Waals surface area contributed by atoms with Gasteiger partial charge in [0.15, 0.2) is 0 Å². The molecule has 1 nitrogen and oxygen atoms in total. The first-order valence-corrected chi connectivity index (χ1v) is 6.24. The minimum absolute atomic E-state index is 0.444. The molecule has 0 saturated heterocycles. The van der Waals surface area contributed by atoms with Gasteiger partial charge in [0.1, 0.15) is 0 Å². The van der Waals surface area contributed by atoms with E-state index < -0.39 is 5.95 Å². The Hall–Kier alpha value is -0.960. The third kappa shape index (κ3) is 2.40. The molecule has 2 rings (SSSR count). The average Bonchev–Trinajstić information content (AvgIpc) is 2.26. The molecule has 16 heavy (non-hydrogen) atoms. The van der Waals surface area contributed by atoms with Crippen LogP contribution in [0, 0.1) is 5.95 Å². The molecule has 0 radical (unpaired) electrons. The number of pyridine rings is 1. The third-order valence-corrected chi connectivity index (χ3v) is 3.27. The summed E-state index contributed by atoms with van der Waals surface area (Å²) in [4.78, 5) is 3.86. The molecule has 0 unspecified atom stereocenters. The highest BCUT2D eigenvalue weighted by Crippen LogP contribution is 2.24. The average molecular weight is 282 g/mol. The van der Waals surface area contributed by atoms with Crippen molar-refractivity contribution in [1.82, 2.24) is 4.98 Å². The summed E-state index contributed by atoms with van der Waals surface area (Å²) >= 11 is 3.37. The topological polar surface area (TPSA) is 12.9 Å². The zero-order chi connectivity index (χ0) is 11.5. The number of unbranched alkanes of at least 4 members (excludes halogenated alkanes) is 1. The molecule has 84 valence electrons. The van der Waals surface area contributed by atoms with Crippen LogP contribution in [-0.4, -0.2) is 4.98 Å². The molecule has 0 atom stereocenters. The van der Waals surface area contributed by atoms with Gasteiger partial charge in [-0.25, -0.2) is 4.98 Å². The summed E-state index contributed by atoms with van der Waals surface area (Å²) in [5.41, 5.74) is 1.98. The molecule has 0 spiro atoms. The fourth-order valence-electron chi connectivity index (χ4n) is 1.74. The van der Waals surface area contributed by atoms with Gasteiger partial charge >= 0.3 is 0 Å². The van der Waals surface area contributed by atoms with E-state index in [0.717, 1.165) is 16.3 Å². The molecular weight excluding hydrogens is 269 g/mol. The van der Waals surface area contributed by atoms with Crippen LogP contribution in [0.2, 0.25) is 0 Å². The van der Waals surface area contributed by atoms with Crippen LogP contribution in [-0.2, 0) is 6.42 Å². The Labute approximate surface area is 103 Å². The Bertz CT molecular complexity index is 511. The maximum atomic E-state index is 13.1. The second kappa shape index (κ2) is 4.91. The summed E-state index contributed by atoms with van der Waals surface area (Å²) in [6.07, 6.45) is 3.43. The predicted molar refractivity (Wildman–Crippen MR) is 68.0 cm³/mol. The Morgan fingerprint density at radius 3 is 2.88 bits per heavy atom. The Kier molecular flexibility index (Phi) is 3.54. The van der Waals surface area contributed by atoms with Gasteiger partial charge in [-0.1, -0.05) is 19.4 Å². The van der Waals surface area contributed by atoms with Gasteiger partial charge < -0.3 is 0 Å². The van der Waals surface area contributed by atoms with E-state index in [4.69, 9.17) is 0 Å². The van der Waals surface area contributed by atoms with Gasteiger partial charge in [0, 0.05) is 15.9 Å². The molecule has 0 amide bonds. The molecule has 0 fully saturated rings. The molecule has 1 aromatic carbocycles. The maximum absolute atomic E-state index is 13.1. The van der Waals surface area contributed by atoms with Crippen molar-refractivity contribution in [3.63, 3.8) is 0 Å². The lowest BCUT2D eigenvalue weighted by Crippen LogP contribution is -1.89. The summed E-state index contributed by atoms with van der Waals surface area (Å²) in [5.74, 6) is -0.444. The minimum Gasteiger partial charge on any atom is -0.220 e. The smallest absolute Gasteiger partial charge is 0.214 e. The molecule has 0 saturated carbocycles. The number of hydrogen-bond donors (Lipinski definition) is 0. The van der Waals surface area contributed by atoms with Gasteiger partial charge in [-0.3, -0.25) is 0 Å². The molecule has 0 aliphatic heterocycles. The molecule has 1 heterocycles. The van der Waals surface area contributed by atoms with Gasteiger partial charge in [-0.05, 0) is 46.5 Å². The summed E-state index contributed by atoms with van der Waals surface area (Å²) in [7, 11) is 0. The first-order valence-electron chi connectivity index (χ1n) is 5.45. The van der Waals surface area contributed by atoms with Crippen molar-refractivity contribution in [3.05, 3.63) is 40.2 Å². The van der Waals surface area contributed by atoms with Crippen LogP contribution in [0.3, 0.4) is 0 Å². The number of hydrogen-bond acceptors (Lipinski definition) is 1. The number of fused-ring (bicyclic) bond motifs is 1. The number of nitrogens with zero attached hydrogens (tertiary/aromatic N) is 1. The van der Waals surface area contributed by atoms with E-state index in [1.165, 1.54) is 24.5 Å². The van der Waals surface area contributed by atoms with Crippen LogP contribution in [0.25, 0.3) is 10.9 Å². The zero-order valence-electron chi connectivity index (χ0n) is 9.13. The van der Waals surface area contributed by atoms with Gasteiger partial charge in [0.05, 0.1) is 5.52 Å². The highest BCUT2D eigenvalue weighted by molar-refractivity contribution is 9.10. The first kappa shape index (κ1) is 11.5. The monoisotopic (exact) mass is 281 g/mol. The van der Waals surface area contributed by atoms with E-state index in [1.54, 1.807) is 0 Å². The van der Waals surface area contributed by atoms with E-state index in [1.807, 2.05) is 12.1 Å². The van der Waals surface area contributed by atoms with E-state index in [2.05, 4.69) is 33.9 Å². The number of benzene rings is 1. The third-order valence-electron chi connectivity index (χ3n) is 2.61. The molecule has 0 bridgehead atoms. The van der Waals surface area contributed by atoms with Gasteiger partial charge in [0.25, 0.3) is 0 Å². The largest absolute Gasteiger partial charge is 0.220 e. The van der Waals surface area contributed by atoms with Crippen LogP contribution in [0.15, 0.2) is 28.7 Å². The van der Waals surface area contributed by atoms with Crippen molar-refractivity contribution in [3.8, 4) is 0 Å². The fourth-order valence-corrected chi connectivity index (χ4v) is 2.24. The highest BCUT2D eigenvalue weighted by atomic mass is 79.9. The van der Waals surface area contributed by atoms with Crippen molar-refractivity contribution in [2.45, 2.75) is 26.2 Å². The second-order valence-electron chi connectivity index (χ2n) is 3.88. The van der Waals surface area contributed by atoms with E-state index in [0.29, 0.717) is 5.52 Å². The van der Waals surface area contributed by atoms with Gasteiger partial charge in [0.2, 0.25) is 5.95 Å². The Balaban J connectivity index is 2.45. The minimum atomic E-state index is -0.444. The molecule has 0 aliphatic rings. The SMILES string of the molecule is CCCCc1ccc2nc(F)cc(Br)c2c1. The summed E-state index contributed by atoms with van der Waals surface area (Å²) < 4.78 is 13.8. The standard InChI is InChI=1S/C13H13BrFN/c1-2-3-4-9-5-6-12-10(7-9)11(14)8-13(15)16-12/h5-8H,2-4H2,1H3. The van der Waals surface area contributed by atoms with E-state index in [-0.39, 0.29) is 0 Å². The summed E-state index contributed by atoms with van der Waals surface area (Å²) in [6, 6.07) is 7.40. The van der Waals surface area contributed by atoms with Crippen LogP contribution in [0.1, 0.15) is 25.3 Å². The van der Waals surface area contributed by atoms with Crippen LogP contribution in [0.4, 0.5) is 4.39 Å². The predicted octanol–water partition coefficient (Wildman–Crippen LogP) is 4.48. The maximum Gasteiger partial charge on any atom is 0.214 e. The fraction of sp³-hybridized carbons (Fsp3) is 0.308. The molecule has 3 heteroatoms. The lowest BCUT2D eigenvalue weighted by Gasteiger charge is -2.04. The summed E-state index contributed by atoms with van der Waals surface area (Å²) in [6.45, 7) is 2.17. The Morgan fingerprint density at radius 1 is 1.31 bits per heavy atom. The Morgan fingerprint density at radius 2 is 2.12 bits per heavy atom. The van der Waals surface area contributed by atoms with Gasteiger partial charge in [-0.2, -0.15) is 4.39 Å². The van der Waals surface area contributed by atoms with E-state index in [9.17, 15) is 4.39 Å². The number of halogens is 2.